The molecule has 0 saturated carbocycles. The van der Waals surface area contributed by atoms with Crippen molar-refractivity contribution in [1.82, 2.24) is 0 Å². The molecule has 13 heavy (non-hydrogen) atoms. The van der Waals surface area contributed by atoms with Crippen LogP contribution in [0.5, 0.6) is 0 Å². The van der Waals surface area contributed by atoms with Crippen LogP contribution in [0.2, 0.25) is 0 Å². The fraction of sp³-hybridized carbons (Fsp3) is 0.727. The zero-order valence-electron chi connectivity index (χ0n) is 8.71. The van der Waals surface area contributed by atoms with Crippen molar-refractivity contribution < 1.29 is 9.53 Å². The second-order valence-electron chi connectivity index (χ2n) is 3.04. The van der Waals surface area contributed by atoms with Crippen LogP contribution in [0.25, 0.3) is 0 Å². The van der Waals surface area contributed by atoms with Crippen LogP contribution in [0.1, 0.15) is 46.0 Å². The molecule has 0 aromatic heterocycles. The summed E-state index contributed by atoms with van der Waals surface area (Å²) in [5, 5.41) is 0. The average molecular weight is 184 g/mol. The number of carbonyl (C=O) groups excluding carboxylic acids is 1. The maximum Gasteiger partial charge on any atom is 0.305 e. The summed E-state index contributed by atoms with van der Waals surface area (Å²) in [5.41, 5.74) is 0. The van der Waals surface area contributed by atoms with E-state index < -0.39 is 0 Å². The summed E-state index contributed by atoms with van der Waals surface area (Å²) in [7, 11) is 0. The second-order valence-corrected chi connectivity index (χ2v) is 3.04. The fourth-order valence-corrected chi connectivity index (χ4v) is 0.947. The molecule has 0 amide bonds. The Morgan fingerprint density at radius 3 is 2.77 bits per heavy atom. The van der Waals surface area contributed by atoms with Gasteiger partial charge in [0, 0.05) is 6.42 Å². The molecule has 0 atom stereocenters. The van der Waals surface area contributed by atoms with Crippen molar-refractivity contribution in [2.45, 2.75) is 46.0 Å². The van der Waals surface area contributed by atoms with Crippen molar-refractivity contribution in [2.75, 3.05) is 6.61 Å². The van der Waals surface area contributed by atoms with Crippen LogP contribution >= 0.6 is 0 Å². The summed E-state index contributed by atoms with van der Waals surface area (Å²) in [6.45, 7) is 4.62. The SMILES string of the molecule is C/C=C/CCCOC(=O)CCCC. The summed E-state index contributed by atoms with van der Waals surface area (Å²) in [5.74, 6) is -0.0534. The van der Waals surface area contributed by atoms with E-state index in [4.69, 9.17) is 4.74 Å². The summed E-state index contributed by atoms with van der Waals surface area (Å²) in [6.07, 6.45) is 8.58. The zero-order valence-corrected chi connectivity index (χ0v) is 8.71. The summed E-state index contributed by atoms with van der Waals surface area (Å²) >= 11 is 0. The van der Waals surface area contributed by atoms with Gasteiger partial charge in [-0.2, -0.15) is 0 Å². The van der Waals surface area contributed by atoms with Crippen LogP contribution in [-0.2, 0) is 9.53 Å². The first kappa shape index (κ1) is 12.2. The van der Waals surface area contributed by atoms with E-state index in [0.29, 0.717) is 13.0 Å². The molecular formula is C11H20O2. The van der Waals surface area contributed by atoms with Crippen LogP contribution < -0.4 is 0 Å². The highest BCUT2D eigenvalue weighted by Crippen LogP contribution is 1.98. The number of carbonyl (C=O) groups is 1. The van der Waals surface area contributed by atoms with Crippen molar-refractivity contribution in [3.63, 3.8) is 0 Å². The van der Waals surface area contributed by atoms with Gasteiger partial charge in [0.15, 0.2) is 0 Å². The number of allylic oxidation sites excluding steroid dienone is 2. The van der Waals surface area contributed by atoms with Crippen LogP contribution in [0.15, 0.2) is 12.2 Å². The lowest BCUT2D eigenvalue weighted by molar-refractivity contribution is -0.143. The quantitative estimate of drug-likeness (QED) is 0.345. The first-order chi connectivity index (χ1) is 6.31. The van der Waals surface area contributed by atoms with Crippen LogP contribution in [-0.4, -0.2) is 12.6 Å². The molecule has 0 rings (SSSR count). The minimum atomic E-state index is -0.0534. The Labute approximate surface area is 81.0 Å². The first-order valence-corrected chi connectivity index (χ1v) is 5.08. The minimum Gasteiger partial charge on any atom is -0.466 e. The molecule has 0 spiro atoms. The van der Waals surface area contributed by atoms with Gasteiger partial charge in [-0.3, -0.25) is 4.79 Å². The molecule has 0 bridgehead atoms. The molecule has 0 aromatic carbocycles. The Bertz CT molecular complexity index is 150. The van der Waals surface area contributed by atoms with Crippen molar-refractivity contribution in [1.29, 1.82) is 0 Å². The number of hydrogen-bond donors (Lipinski definition) is 0. The van der Waals surface area contributed by atoms with E-state index in [9.17, 15) is 4.79 Å². The Morgan fingerprint density at radius 2 is 2.15 bits per heavy atom. The topological polar surface area (TPSA) is 26.3 Å². The molecule has 0 aliphatic rings. The third kappa shape index (κ3) is 9.12. The highest BCUT2D eigenvalue weighted by atomic mass is 16.5. The van der Waals surface area contributed by atoms with Gasteiger partial charge in [0.05, 0.1) is 6.61 Å². The Balaban J connectivity index is 3.17. The molecule has 0 radical (unpaired) electrons. The average Bonchev–Trinajstić information content (AvgIpc) is 2.14. The smallest absolute Gasteiger partial charge is 0.305 e. The number of hydrogen-bond acceptors (Lipinski definition) is 2. The van der Waals surface area contributed by atoms with Gasteiger partial charge in [0.25, 0.3) is 0 Å². The Kier molecular flexibility index (Phi) is 8.73. The van der Waals surface area contributed by atoms with Crippen LogP contribution in [0, 0.1) is 0 Å². The van der Waals surface area contributed by atoms with Crippen molar-refractivity contribution in [3.05, 3.63) is 12.2 Å². The van der Waals surface area contributed by atoms with E-state index in [2.05, 4.69) is 13.0 Å². The maximum atomic E-state index is 11.0. The van der Waals surface area contributed by atoms with E-state index >= 15 is 0 Å². The van der Waals surface area contributed by atoms with Gasteiger partial charge in [-0.05, 0) is 26.2 Å². The van der Waals surface area contributed by atoms with E-state index in [1.807, 2.05) is 13.0 Å². The molecule has 0 saturated heterocycles. The third-order valence-electron chi connectivity index (χ3n) is 1.75. The van der Waals surface area contributed by atoms with Gasteiger partial charge < -0.3 is 4.74 Å². The normalized spacial score (nSPS) is 10.6. The lowest BCUT2D eigenvalue weighted by Gasteiger charge is -2.02. The van der Waals surface area contributed by atoms with Crippen molar-refractivity contribution in [2.24, 2.45) is 0 Å². The monoisotopic (exact) mass is 184 g/mol. The maximum absolute atomic E-state index is 11.0. The molecule has 0 fully saturated rings. The molecule has 0 aliphatic carbocycles. The van der Waals surface area contributed by atoms with Gasteiger partial charge in [0.1, 0.15) is 0 Å². The van der Waals surface area contributed by atoms with E-state index in [-0.39, 0.29) is 5.97 Å². The summed E-state index contributed by atoms with van der Waals surface area (Å²) in [4.78, 5) is 11.0. The zero-order chi connectivity index (χ0) is 9.94. The lowest BCUT2D eigenvalue weighted by atomic mass is 10.2. The Hall–Kier alpha value is -0.790. The molecule has 0 aliphatic heterocycles. The summed E-state index contributed by atoms with van der Waals surface area (Å²) < 4.78 is 5.02. The molecule has 0 N–H and O–H groups in total. The number of esters is 1. The Morgan fingerprint density at radius 1 is 1.38 bits per heavy atom. The standard InChI is InChI=1S/C11H20O2/c1-3-5-7-8-10-13-11(12)9-6-4-2/h3,5H,4,6-10H2,1-2H3/b5-3+. The number of ether oxygens (including phenoxy) is 1. The molecule has 0 aromatic rings. The highest BCUT2D eigenvalue weighted by molar-refractivity contribution is 5.69. The van der Waals surface area contributed by atoms with Crippen molar-refractivity contribution >= 4 is 5.97 Å². The molecule has 0 unspecified atom stereocenters. The van der Waals surface area contributed by atoms with E-state index in [1.165, 1.54) is 0 Å². The fourth-order valence-electron chi connectivity index (χ4n) is 0.947. The van der Waals surface area contributed by atoms with Gasteiger partial charge in [-0.1, -0.05) is 25.5 Å². The van der Waals surface area contributed by atoms with Gasteiger partial charge in [-0.15, -0.1) is 0 Å². The highest BCUT2D eigenvalue weighted by Gasteiger charge is 1.99. The predicted octanol–water partition coefficient (Wildman–Crippen LogP) is 3.08. The van der Waals surface area contributed by atoms with Crippen LogP contribution in [0.4, 0.5) is 0 Å². The number of unbranched alkanes of at least 4 members (excludes halogenated alkanes) is 2. The predicted molar refractivity (Wildman–Crippen MR) is 54.5 cm³/mol. The summed E-state index contributed by atoms with van der Waals surface area (Å²) in [6, 6.07) is 0. The molecule has 2 nitrogen and oxygen atoms in total. The third-order valence-corrected chi connectivity index (χ3v) is 1.75. The largest absolute Gasteiger partial charge is 0.466 e. The number of rotatable bonds is 7. The van der Waals surface area contributed by atoms with E-state index in [0.717, 1.165) is 25.7 Å². The van der Waals surface area contributed by atoms with Gasteiger partial charge in [-0.25, -0.2) is 0 Å². The molecule has 76 valence electrons. The van der Waals surface area contributed by atoms with Crippen LogP contribution in [0.3, 0.4) is 0 Å². The van der Waals surface area contributed by atoms with Crippen molar-refractivity contribution in [3.8, 4) is 0 Å². The molecular weight excluding hydrogens is 164 g/mol. The lowest BCUT2D eigenvalue weighted by Crippen LogP contribution is -2.04. The second kappa shape index (κ2) is 9.30. The molecule has 2 heteroatoms. The van der Waals surface area contributed by atoms with Gasteiger partial charge in [0.2, 0.25) is 0 Å². The minimum absolute atomic E-state index is 0.0534. The van der Waals surface area contributed by atoms with Gasteiger partial charge >= 0.3 is 5.97 Å². The first-order valence-electron chi connectivity index (χ1n) is 5.08. The van der Waals surface area contributed by atoms with E-state index in [1.54, 1.807) is 0 Å². The molecule has 0 heterocycles.